The molecule has 1 saturated carbocycles. The summed E-state index contributed by atoms with van der Waals surface area (Å²) in [5.41, 5.74) is 1.56. The molecule has 0 aromatic heterocycles. The number of thioether (sulfide) groups is 1. The number of benzene rings is 1. The van der Waals surface area contributed by atoms with Crippen LogP contribution in [-0.2, 0) is 0 Å². The molecule has 2 unspecified atom stereocenters. The molecule has 2 nitrogen and oxygen atoms in total. The molecule has 18 heavy (non-hydrogen) atoms. The average Bonchev–Trinajstić information content (AvgIpc) is 2.78. The Hall–Kier alpha value is -0.850. The van der Waals surface area contributed by atoms with Crippen LogP contribution in [-0.4, -0.2) is 17.0 Å². The van der Waals surface area contributed by atoms with Gasteiger partial charge in [-0.15, -0.1) is 0 Å². The lowest BCUT2D eigenvalue weighted by atomic mass is 10.2. The van der Waals surface area contributed by atoms with Gasteiger partial charge in [0.25, 0.3) is 0 Å². The Morgan fingerprint density at radius 1 is 1.50 bits per heavy atom. The quantitative estimate of drug-likeness (QED) is 0.893. The maximum Gasteiger partial charge on any atom is 0.101 e. The zero-order valence-electron chi connectivity index (χ0n) is 10.4. The predicted octanol–water partition coefficient (Wildman–Crippen LogP) is 4.30. The highest BCUT2D eigenvalue weighted by Crippen LogP contribution is 2.32. The molecule has 1 aromatic carbocycles. The summed E-state index contributed by atoms with van der Waals surface area (Å²) in [6.07, 6.45) is 3.80. The molecule has 2 rings (SSSR count). The Balaban J connectivity index is 2.05. The number of hydrogen-bond donors (Lipinski definition) is 1. The molecule has 0 amide bonds. The Labute approximate surface area is 118 Å². The number of nitrogens with one attached hydrogen (secondary N) is 1. The molecular formula is C14H17ClN2S. The minimum absolute atomic E-state index is 0.527. The largest absolute Gasteiger partial charge is 0.381 e. The van der Waals surface area contributed by atoms with E-state index in [1.54, 1.807) is 6.07 Å². The molecular weight excluding hydrogens is 264 g/mol. The summed E-state index contributed by atoms with van der Waals surface area (Å²) >= 11 is 8.08. The highest BCUT2D eigenvalue weighted by atomic mass is 35.5. The topological polar surface area (TPSA) is 35.8 Å². The van der Waals surface area contributed by atoms with Gasteiger partial charge in [-0.25, -0.2) is 0 Å². The van der Waals surface area contributed by atoms with Crippen LogP contribution in [0.25, 0.3) is 0 Å². The number of nitrogens with zero attached hydrogens (tertiary/aromatic N) is 1. The van der Waals surface area contributed by atoms with Gasteiger partial charge >= 0.3 is 0 Å². The number of rotatable bonds is 4. The van der Waals surface area contributed by atoms with Crippen LogP contribution in [0.15, 0.2) is 18.2 Å². The first kappa shape index (κ1) is 13.6. The van der Waals surface area contributed by atoms with Crippen LogP contribution in [0.3, 0.4) is 0 Å². The lowest BCUT2D eigenvalue weighted by Gasteiger charge is -2.21. The second kappa shape index (κ2) is 6.36. The van der Waals surface area contributed by atoms with Gasteiger partial charge in [-0.3, -0.25) is 0 Å². The first-order chi connectivity index (χ1) is 8.74. The van der Waals surface area contributed by atoms with Gasteiger partial charge < -0.3 is 5.32 Å². The number of anilines is 1. The van der Waals surface area contributed by atoms with Crippen LogP contribution in [0, 0.1) is 11.3 Å². The fourth-order valence-corrected chi connectivity index (χ4v) is 3.84. The highest BCUT2D eigenvalue weighted by Gasteiger charge is 2.26. The Bertz CT molecular complexity index is 456. The van der Waals surface area contributed by atoms with Gasteiger partial charge in [0.1, 0.15) is 6.07 Å². The molecule has 0 radical (unpaired) electrons. The molecule has 0 heterocycles. The minimum Gasteiger partial charge on any atom is -0.381 e. The zero-order valence-corrected chi connectivity index (χ0v) is 12.0. The van der Waals surface area contributed by atoms with Crippen molar-refractivity contribution >= 4 is 29.1 Å². The molecule has 1 N–H and O–H groups in total. The molecule has 96 valence electrons. The van der Waals surface area contributed by atoms with E-state index in [9.17, 15) is 0 Å². The first-order valence-corrected chi connectivity index (χ1v) is 7.75. The van der Waals surface area contributed by atoms with E-state index in [1.807, 2.05) is 23.9 Å². The Morgan fingerprint density at radius 3 is 3.00 bits per heavy atom. The van der Waals surface area contributed by atoms with Gasteiger partial charge in [0.05, 0.1) is 10.6 Å². The van der Waals surface area contributed by atoms with Crippen LogP contribution in [0.1, 0.15) is 31.7 Å². The van der Waals surface area contributed by atoms with Crippen LogP contribution in [0.2, 0.25) is 5.02 Å². The van der Waals surface area contributed by atoms with Crippen molar-refractivity contribution in [3.8, 4) is 6.07 Å². The van der Waals surface area contributed by atoms with E-state index in [4.69, 9.17) is 16.9 Å². The molecule has 0 saturated heterocycles. The van der Waals surface area contributed by atoms with Gasteiger partial charge in [0.15, 0.2) is 0 Å². The van der Waals surface area contributed by atoms with E-state index in [2.05, 4.69) is 18.3 Å². The third-order valence-electron chi connectivity index (χ3n) is 3.27. The summed E-state index contributed by atoms with van der Waals surface area (Å²) in [4.78, 5) is 0. The molecule has 0 spiro atoms. The molecule has 1 fully saturated rings. The summed E-state index contributed by atoms with van der Waals surface area (Å²) in [6.45, 7) is 2.21. The van der Waals surface area contributed by atoms with Crippen LogP contribution in [0.5, 0.6) is 0 Å². The summed E-state index contributed by atoms with van der Waals surface area (Å²) in [5, 5.41) is 13.6. The second-order valence-corrected chi connectivity index (χ2v) is 6.41. The third-order valence-corrected chi connectivity index (χ3v) is 4.91. The Morgan fingerprint density at radius 2 is 2.33 bits per heavy atom. The lowest BCUT2D eigenvalue weighted by molar-refractivity contribution is 0.768. The zero-order chi connectivity index (χ0) is 13.0. The number of nitriles is 1. The molecule has 2 atom stereocenters. The van der Waals surface area contributed by atoms with Crippen LogP contribution in [0.4, 0.5) is 5.69 Å². The molecule has 4 heteroatoms. The third kappa shape index (κ3) is 3.13. The van der Waals surface area contributed by atoms with Crippen molar-refractivity contribution in [1.82, 2.24) is 0 Å². The molecule has 1 aliphatic rings. The maximum atomic E-state index is 8.85. The smallest absolute Gasteiger partial charge is 0.101 e. The maximum absolute atomic E-state index is 8.85. The lowest BCUT2D eigenvalue weighted by Crippen LogP contribution is -2.26. The van der Waals surface area contributed by atoms with Gasteiger partial charge in [0.2, 0.25) is 0 Å². The van der Waals surface area contributed by atoms with E-state index in [1.165, 1.54) is 19.3 Å². The molecule has 1 aliphatic carbocycles. The summed E-state index contributed by atoms with van der Waals surface area (Å²) < 4.78 is 0. The van der Waals surface area contributed by atoms with Gasteiger partial charge in [0, 0.05) is 17.0 Å². The van der Waals surface area contributed by atoms with Crippen molar-refractivity contribution in [2.24, 2.45) is 0 Å². The molecule has 0 aliphatic heterocycles. The summed E-state index contributed by atoms with van der Waals surface area (Å²) in [7, 11) is 0. The minimum atomic E-state index is 0.527. The highest BCUT2D eigenvalue weighted by molar-refractivity contribution is 7.99. The SMILES string of the molecule is CCSC1CCCC1Nc1ccc(C#N)c(Cl)c1. The second-order valence-electron chi connectivity index (χ2n) is 4.48. The first-order valence-electron chi connectivity index (χ1n) is 6.32. The summed E-state index contributed by atoms with van der Waals surface area (Å²) in [5.74, 6) is 1.16. The van der Waals surface area contributed by atoms with Crippen LogP contribution < -0.4 is 5.32 Å². The van der Waals surface area contributed by atoms with Gasteiger partial charge in [-0.1, -0.05) is 24.9 Å². The predicted molar refractivity (Wildman–Crippen MR) is 79.3 cm³/mol. The monoisotopic (exact) mass is 280 g/mol. The molecule has 1 aromatic rings. The van der Waals surface area contributed by atoms with Crippen molar-refractivity contribution in [1.29, 1.82) is 5.26 Å². The average molecular weight is 281 g/mol. The van der Waals surface area contributed by atoms with E-state index in [0.29, 0.717) is 21.9 Å². The summed E-state index contributed by atoms with van der Waals surface area (Å²) in [6, 6.07) is 8.18. The van der Waals surface area contributed by atoms with E-state index >= 15 is 0 Å². The van der Waals surface area contributed by atoms with E-state index in [-0.39, 0.29) is 0 Å². The normalized spacial score (nSPS) is 22.7. The van der Waals surface area contributed by atoms with Crippen molar-refractivity contribution in [3.05, 3.63) is 28.8 Å². The fourth-order valence-electron chi connectivity index (χ4n) is 2.41. The van der Waals surface area contributed by atoms with Crippen LogP contribution >= 0.6 is 23.4 Å². The Kier molecular flexibility index (Phi) is 4.79. The number of hydrogen-bond acceptors (Lipinski definition) is 3. The van der Waals surface area contributed by atoms with Gasteiger partial charge in [-0.2, -0.15) is 17.0 Å². The van der Waals surface area contributed by atoms with E-state index < -0.39 is 0 Å². The van der Waals surface area contributed by atoms with Crippen molar-refractivity contribution < 1.29 is 0 Å². The van der Waals surface area contributed by atoms with Gasteiger partial charge in [-0.05, 0) is 36.8 Å². The van der Waals surface area contributed by atoms with Crippen molar-refractivity contribution in [3.63, 3.8) is 0 Å². The number of halogens is 1. The van der Waals surface area contributed by atoms with Crippen molar-refractivity contribution in [2.45, 2.75) is 37.5 Å². The van der Waals surface area contributed by atoms with E-state index in [0.717, 1.165) is 11.4 Å². The van der Waals surface area contributed by atoms with Crippen molar-refractivity contribution in [2.75, 3.05) is 11.1 Å². The fraction of sp³-hybridized carbons (Fsp3) is 0.500. The molecule has 0 bridgehead atoms. The standard InChI is InChI=1S/C14H17ClN2S/c1-2-18-14-5-3-4-13(14)17-11-7-6-10(9-16)12(15)8-11/h6-8,13-14,17H,2-5H2,1H3.